The van der Waals surface area contributed by atoms with Gasteiger partial charge in [0.1, 0.15) is 5.82 Å². The minimum Gasteiger partial charge on any atom is -0.478 e. The molecule has 0 saturated heterocycles. The molecule has 1 aromatic heterocycles. The Hall–Kier alpha value is -1.88. The number of rotatable bonds is 3. The zero-order valence-corrected chi connectivity index (χ0v) is 17.1. The predicted octanol–water partition coefficient (Wildman–Crippen LogP) is 4.14. The van der Waals surface area contributed by atoms with Gasteiger partial charge in [-0.3, -0.25) is 4.79 Å². The topological polar surface area (TPSA) is 83.0 Å². The molecule has 0 saturated carbocycles. The van der Waals surface area contributed by atoms with Crippen LogP contribution in [0.1, 0.15) is 35.5 Å². The van der Waals surface area contributed by atoms with Gasteiger partial charge in [-0.25, -0.2) is 14.3 Å². The summed E-state index contributed by atoms with van der Waals surface area (Å²) in [5.74, 6) is -2.12. The number of aromatic amines is 1. The fraction of sp³-hybridized carbons (Fsp3) is 0.167. The zero-order valence-electron chi connectivity index (χ0n) is 14.0. The fourth-order valence-electron chi connectivity index (χ4n) is 2.37. The Kier molecular flexibility index (Phi) is 8.28. The Morgan fingerprint density at radius 2 is 1.88 bits per heavy atom. The molecule has 0 aliphatic heterocycles. The van der Waals surface area contributed by atoms with E-state index in [0.717, 1.165) is 10.5 Å². The second kappa shape index (κ2) is 9.72. The monoisotopic (exact) mass is 512 g/mol. The van der Waals surface area contributed by atoms with E-state index in [9.17, 15) is 14.0 Å². The first kappa shape index (κ1) is 22.2. The van der Waals surface area contributed by atoms with Gasteiger partial charge in [-0.2, -0.15) is 5.10 Å². The van der Waals surface area contributed by atoms with E-state index in [1.54, 1.807) is 18.2 Å². The molecule has 1 heterocycles. The SMILES string of the molecule is CC.O=C(O)c1cc(Cc2n[nH]c(=O)c3ccc(Br)cc23)ccc1F.[Pd]. The van der Waals surface area contributed by atoms with E-state index in [1.807, 2.05) is 13.8 Å². The molecule has 0 atom stereocenters. The van der Waals surface area contributed by atoms with Gasteiger partial charge in [-0.15, -0.1) is 0 Å². The molecule has 0 radical (unpaired) electrons. The van der Waals surface area contributed by atoms with E-state index in [4.69, 9.17) is 5.11 Å². The number of nitrogens with zero attached hydrogens (tertiary/aromatic N) is 1. The predicted molar refractivity (Wildman–Crippen MR) is 97.6 cm³/mol. The van der Waals surface area contributed by atoms with Crippen LogP contribution in [0.2, 0.25) is 0 Å². The van der Waals surface area contributed by atoms with E-state index in [1.165, 1.54) is 12.1 Å². The number of fused-ring (bicyclic) bond motifs is 1. The van der Waals surface area contributed by atoms with Crippen LogP contribution in [0.3, 0.4) is 0 Å². The zero-order chi connectivity index (χ0) is 18.6. The summed E-state index contributed by atoms with van der Waals surface area (Å²) in [5, 5.41) is 16.6. The molecule has 2 N–H and O–H groups in total. The molecular weight excluding hydrogens is 498 g/mol. The summed E-state index contributed by atoms with van der Waals surface area (Å²) < 4.78 is 14.3. The van der Waals surface area contributed by atoms with Gasteiger partial charge < -0.3 is 5.11 Å². The second-order valence-electron chi connectivity index (χ2n) is 4.99. The number of aromatic nitrogens is 2. The van der Waals surface area contributed by atoms with Crippen LogP contribution in [0.15, 0.2) is 45.7 Å². The Bertz CT molecular complexity index is 992. The van der Waals surface area contributed by atoms with Gasteiger partial charge in [-0.1, -0.05) is 35.8 Å². The molecule has 140 valence electrons. The summed E-state index contributed by atoms with van der Waals surface area (Å²) in [5.41, 5.74) is 0.465. The number of nitrogens with one attached hydrogen (secondary N) is 1. The molecule has 3 aromatic rings. The Balaban J connectivity index is 0.00000109. The van der Waals surface area contributed by atoms with Gasteiger partial charge in [0.15, 0.2) is 0 Å². The third-order valence-corrected chi connectivity index (χ3v) is 3.96. The maximum atomic E-state index is 13.5. The van der Waals surface area contributed by atoms with Crippen LogP contribution in [0.5, 0.6) is 0 Å². The third-order valence-electron chi connectivity index (χ3n) is 3.46. The van der Waals surface area contributed by atoms with Crippen LogP contribution in [0.4, 0.5) is 4.39 Å². The fourth-order valence-corrected chi connectivity index (χ4v) is 2.73. The Morgan fingerprint density at radius 1 is 1.19 bits per heavy atom. The Morgan fingerprint density at radius 3 is 2.54 bits per heavy atom. The minimum absolute atomic E-state index is 0. The number of aromatic carboxylic acids is 1. The molecule has 0 fully saturated rings. The maximum Gasteiger partial charge on any atom is 0.338 e. The van der Waals surface area contributed by atoms with Gasteiger partial charge in [0.25, 0.3) is 5.56 Å². The molecule has 0 bridgehead atoms. The number of carboxylic acids is 1. The van der Waals surface area contributed by atoms with Gasteiger partial charge in [0.2, 0.25) is 0 Å². The van der Waals surface area contributed by atoms with E-state index in [0.29, 0.717) is 22.0 Å². The van der Waals surface area contributed by atoms with Crippen molar-refractivity contribution in [3.63, 3.8) is 0 Å². The van der Waals surface area contributed by atoms with Crippen LogP contribution in [0.25, 0.3) is 10.8 Å². The smallest absolute Gasteiger partial charge is 0.338 e. The van der Waals surface area contributed by atoms with E-state index in [-0.39, 0.29) is 32.4 Å². The number of carbonyl (C=O) groups is 1. The second-order valence-corrected chi connectivity index (χ2v) is 5.90. The number of hydrogen-bond donors (Lipinski definition) is 2. The van der Waals surface area contributed by atoms with Crippen molar-refractivity contribution in [2.75, 3.05) is 0 Å². The van der Waals surface area contributed by atoms with Crippen molar-refractivity contribution in [3.05, 3.63) is 73.9 Å². The van der Waals surface area contributed by atoms with Crippen LogP contribution in [-0.4, -0.2) is 21.3 Å². The van der Waals surface area contributed by atoms with Crippen LogP contribution in [0, 0.1) is 5.82 Å². The van der Waals surface area contributed by atoms with Crippen molar-refractivity contribution in [2.24, 2.45) is 0 Å². The standard InChI is InChI=1S/C16H10BrFN2O3.C2H6.Pd/c17-9-2-3-10-11(7-9)14(19-20-15(10)21)6-8-1-4-13(18)12(5-8)16(22)23;1-2;/h1-5,7H,6H2,(H,20,21)(H,22,23);1-2H3;. The summed E-state index contributed by atoms with van der Waals surface area (Å²) in [6.07, 6.45) is 0.268. The Labute approximate surface area is 171 Å². The largest absolute Gasteiger partial charge is 0.478 e. The van der Waals surface area contributed by atoms with Crippen LogP contribution < -0.4 is 5.56 Å². The normalized spacial score (nSPS) is 9.85. The number of H-pyrrole nitrogens is 1. The van der Waals surface area contributed by atoms with Crippen molar-refractivity contribution >= 4 is 32.7 Å². The maximum absolute atomic E-state index is 13.5. The van der Waals surface area contributed by atoms with Crippen molar-refractivity contribution in [1.29, 1.82) is 0 Å². The number of carboxylic acid groups (broad SMARTS) is 1. The number of benzene rings is 2. The third kappa shape index (κ3) is 4.85. The molecule has 0 spiro atoms. The van der Waals surface area contributed by atoms with Gasteiger partial charge in [0.05, 0.1) is 16.6 Å². The molecular formula is C18H16BrFN2O3Pd. The average molecular weight is 514 g/mol. The van der Waals surface area contributed by atoms with Gasteiger partial charge >= 0.3 is 5.97 Å². The number of halogens is 2. The molecule has 3 rings (SSSR count). The molecule has 8 heteroatoms. The van der Waals surface area contributed by atoms with E-state index < -0.39 is 17.3 Å². The summed E-state index contributed by atoms with van der Waals surface area (Å²) in [6.45, 7) is 4.00. The molecule has 5 nitrogen and oxygen atoms in total. The molecule has 26 heavy (non-hydrogen) atoms. The summed E-state index contributed by atoms with van der Waals surface area (Å²) >= 11 is 3.35. The summed E-state index contributed by atoms with van der Waals surface area (Å²) in [7, 11) is 0. The first-order chi connectivity index (χ1) is 12.0. The summed E-state index contributed by atoms with van der Waals surface area (Å²) in [4.78, 5) is 22.8. The molecule has 0 aliphatic rings. The van der Waals surface area contributed by atoms with E-state index >= 15 is 0 Å². The van der Waals surface area contributed by atoms with Gasteiger partial charge in [-0.05, 0) is 35.9 Å². The first-order valence-electron chi connectivity index (χ1n) is 7.64. The van der Waals surface area contributed by atoms with Crippen molar-refractivity contribution in [1.82, 2.24) is 10.2 Å². The average Bonchev–Trinajstić information content (AvgIpc) is 2.60. The van der Waals surface area contributed by atoms with Crippen molar-refractivity contribution in [2.45, 2.75) is 20.3 Å². The van der Waals surface area contributed by atoms with Gasteiger partial charge in [0, 0.05) is 36.7 Å². The van der Waals surface area contributed by atoms with Crippen molar-refractivity contribution in [3.8, 4) is 0 Å². The van der Waals surface area contributed by atoms with Crippen molar-refractivity contribution < 1.29 is 34.7 Å². The molecule has 0 unspecified atom stereocenters. The first-order valence-corrected chi connectivity index (χ1v) is 8.43. The minimum atomic E-state index is -1.33. The molecule has 0 aliphatic carbocycles. The molecule has 2 aromatic carbocycles. The van der Waals surface area contributed by atoms with Crippen LogP contribution >= 0.6 is 15.9 Å². The van der Waals surface area contributed by atoms with E-state index in [2.05, 4.69) is 26.1 Å². The van der Waals surface area contributed by atoms with Crippen LogP contribution in [-0.2, 0) is 26.8 Å². The summed E-state index contributed by atoms with van der Waals surface area (Å²) in [6, 6.07) is 9.09. The molecule has 0 amide bonds. The quantitative estimate of drug-likeness (QED) is 0.516. The number of hydrogen-bond acceptors (Lipinski definition) is 3.